The molecule has 0 saturated heterocycles. The average Bonchev–Trinajstić information content (AvgIpc) is 3.00. The lowest BCUT2D eigenvalue weighted by Gasteiger charge is -1.99. The van der Waals surface area contributed by atoms with Crippen LogP contribution in [0.4, 0.5) is 0 Å². The lowest BCUT2D eigenvalue weighted by Crippen LogP contribution is -2.21. The van der Waals surface area contributed by atoms with Crippen LogP contribution >= 0.6 is 39.0 Å². The van der Waals surface area contributed by atoms with Gasteiger partial charge in [0.2, 0.25) is 0 Å². The van der Waals surface area contributed by atoms with Crippen molar-refractivity contribution >= 4 is 44.7 Å². The largest absolute Gasteiger partial charge is 0.350 e. The van der Waals surface area contributed by atoms with Gasteiger partial charge < -0.3 is 0 Å². The molecule has 0 aliphatic carbocycles. The first-order chi connectivity index (χ1) is 9.74. The molecule has 0 amide bonds. The van der Waals surface area contributed by atoms with Crippen LogP contribution in [0.3, 0.4) is 0 Å². The third-order valence-electron chi connectivity index (χ3n) is 2.81. The van der Waals surface area contributed by atoms with Gasteiger partial charge in [-0.1, -0.05) is 6.07 Å². The van der Waals surface area contributed by atoms with E-state index < -0.39 is 0 Å². The van der Waals surface area contributed by atoms with E-state index in [0.29, 0.717) is 12.2 Å². The predicted octanol–water partition coefficient (Wildman–Crippen LogP) is 3.25. The first-order valence-electron chi connectivity index (χ1n) is 6.10. The van der Waals surface area contributed by atoms with Crippen LogP contribution in [0.25, 0.3) is 5.65 Å². The molecule has 0 atom stereocenters. The summed E-state index contributed by atoms with van der Waals surface area (Å²) >= 11 is 7.02. The lowest BCUT2D eigenvalue weighted by molar-refractivity contribution is 0.639. The van der Waals surface area contributed by atoms with Crippen LogP contribution in [0.2, 0.25) is 0 Å². The SMILES string of the molecule is O=c1n(CCSCc2ccc(Br)s2)nc2ccccn12. The van der Waals surface area contributed by atoms with Gasteiger partial charge in [-0.15, -0.1) is 16.4 Å². The molecular formula is C13H12BrN3OS2. The lowest BCUT2D eigenvalue weighted by atomic mass is 10.5. The zero-order valence-electron chi connectivity index (χ0n) is 10.5. The van der Waals surface area contributed by atoms with E-state index >= 15 is 0 Å². The highest BCUT2D eigenvalue weighted by Gasteiger charge is 2.05. The second kappa shape index (κ2) is 6.15. The van der Waals surface area contributed by atoms with Crippen LogP contribution in [-0.4, -0.2) is 19.9 Å². The molecule has 3 rings (SSSR count). The molecule has 0 aromatic carbocycles. The van der Waals surface area contributed by atoms with Gasteiger partial charge >= 0.3 is 5.69 Å². The van der Waals surface area contributed by atoms with Crippen molar-refractivity contribution in [1.82, 2.24) is 14.2 Å². The minimum atomic E-state index is -0.0694. The van der Waals surface area contributed by atoms with Crippen LogP contribution in [0.5, 0.6) is 0 Å². The number of pyridine rings is 1. The van der Waals surface area contributed by atoms with Crippen molar-refractivity contribution in [2.45, 2.75) is 12.3 Å². The van der Waals surface area contributed by atoms with Crippen LogP contribution in [0, 0.1) is 0 Å². The molecule has 0 saturated carbocycles. The molecule has 0 spiro atoms. The van der Waals surface area contributed by atoms with E-state index in [9.17, 15) is 4.79 Å². The fourth-order valence-electron chi connectivity index (χ4n) is 1.87. The monoisotopic (exact) mass is 369 g/mol. The van der Waals surface area contributed by atoms with Crippen molar-refractivity contribution in [2.75, 3.05) is 5.75 Å². The van der Waals surface area contributed by atoms with E-state index in [4.69, 9.17) is 0 Å². The number of thiophene rings is 1. The van der Waals surface area contributed by atoms with Crippen molar-refractivity contribution in [3.8, 4) is 0 Å². The summed E-state index contributed by atoms with van der Waals surface area (Å²) < 4.78 is 4.26. The molecule has 0 N–H and O–H groups in total. The Hall–Kier alpha value is -1.05. The number of aryl methyl sites for hydroxylation is 1. The molecule has 4 nitrogen and oxygen atoms in total. The smallest absolute Gasteiger partial charge is 0.250 e. The summed E-state index contributed by atoms with van der Waals surface area (Å²) in [6, 6.07) is 9.75. The molecule has 104 valence electrons. The number of aromatic nitrogens is 3. The first-order valence-corrected chi connectivity index (χ1v) is 8.86. The summed E-state index contributed by atoms with van der Waals surface area (Å²) in [6.45, 7) is 0.637. The van der Waals surface area contributed by atoms with Crippen molar-refractivity contribution in [3.63, 3.8) is 0 Å². The number of hydrogen-bond acceptors (Lipinski definition) is 4. The number of halogens is 1. The zero-order valence-corrected chi connectivity index (χ0v) is 13.7. The molecule has 0 fully saturated rings. The molecular weight excluding hydrogens is 358 g/mol. The highest BCUT2D eigenvalue weighted by Crippen LogP contribution is 2.25. The molecule has 0 unspecified atom stereocenters. The van der Waals surface area contributed by atoms with E-state index in [1.807, 2.05) is 30.0 Å². The number of fused-ring (bicyclic) bond motifs is 1. The summed E-state index contributed by atoms with van der Waals surface area (Å²) in [7, 11) is 0. The van der Waals surface area contributed by atoms with Crippen molar-refractivity contribution in [1.29, 1.82) is 0 Å². The second-order valence-corrected chi connectivity index (χ2v) is 7.85. The number of rotatable bonds is 5. The molecule has 0 aliphatic heterocycles. The molecule has 0 bridgehead atoms. The van der Waals surface area contributed by atoms with Gasteiger partial charge in [0.05, 0.1) is 10.3 Å². The molecule has 7 heteroatoms. The van der Waals surface area contributed by atoms with Gasteiger partial charge in [-0.3, -0.25) is 4.40 Å². The van der Waals surface area contributed by atoms with Crippen molar-refractivity contribution < 1.29 is 0 Å². The van der Waals surface area contributed by atoms with Crippen LogP contribution in [-0.2, 0) is 12.3 Å². The molecule has 0 aliphatic rings. The Balaban J connectivity index is 1.60. The summed E-state index contributed by atoms with van der Waals surface area (Å²) in [5.74, 6) is 1.84. The Kier molecular flexibility index (Phi) is 4.28. The fourth-order valence-corrected chi connectivity index (χ4v) is 4.37. The highest BCUT2D eigenvalue weighted by atomic mass is 79.9. The van der Waals surface area contributed by atoms with Crippen molar-refractivity contribution in [3.05, 3.63) is 55.7 Å². The average molecular weight is 370 g/mol. The Morgan fingerprint density at radius 3 is 2.95 bits per heavy atom. The van der Waals surface area contributed by atoms with Gasteiger partial charge in [-0.05, 0) is 40.2 Å². The van der Waals surface area contributed by atoms with Crippen molar-refractivity contribution in [2.24, 2.45) is 0 Å². The molecule has 3 heterocycles. The number of thioether (sulfide) groups is 1. The standard InChI is InChI=1S/C13H12BrN3OS2/c14-11-5-4-10(20-11)9-19-8-7-17-13(18)16-6-2-1-3-12(16)15-17/h1-6H,7-9H2. The van der Waals surface area contributed by atoms with Gasteiger partial charge in [-0.25, -0.2) is 9.48 Å². The summed E-state index contributed by atoms with van der Waals surface area (Å²) in [5, 5.41) is 4.31. The maximum absolute atomic E-state index is 12.0. The number of nitrogens with zero attached hydrogens (tertiary/aromatic N) is 3. The third kappa shape index (κ3) is 2.99. The van der Waals surface area contributed by atoms with E-state index in [1.165, 1.54) is 9.56 Å². The van der Waals surface area contributed by atoms with Gasteiger partial charge in [0.25, 0.3) is 0 Å². The second-order valence-electron chi connectivity index (χ2n) is 4.19. The summed E-state index contributed by atoms with van der Waals surface area (Å²) in [4.78, 5) is 13.4. The molecule has 3 aromatic rings. The quantitative estimate of drug-likeness (QED) is 0.648. The maximum atomic E-state index is 12.0. The minimum Gasteiger partial charge on any atom is -0.250 e. The maximum Gasteiger partial charge on any atom is 0.350 e. The van der Waals surface area contributed by atoms with Gasteiger partial charge in [0.1, 0.15) is 0 Å². The van der Waals surface area contributed by atoms with Crippen LogP contribution in [0.15, 0.2) is 45.1 Å². The first kappa shape index (κ1) is 13.9. The zero-order chi connectivity index (χ0) is 13.9. The third-order valence-corrected chi connectivity index (χ3v) is 5.60. The molecule has 3 aromatic heterocycles. The van der Waals surface area contributed by atoms with Gasteiger partial charge in [-0.2, -0.15) is 11.8 Å². The van der Waals surface area contributed by atoms with Gasteiger partial charge in [0, 0.05) is 22.6 Å². The summed E-state index contributed by atoms with van der Waals surface area (Å²) in [6.07, 6.45) is 1.75. The van der Waals surface area contributed by atoms with Crippen LogP contribution < -0.4 is 5.69 Å². The van der Waals surface area contributed by atoms with E-state index in [0.717, 1.165) is 15.3 Å². The predicted molar refractivity (Wildman–Crippen MR) is 87.6 cm³/mol. The van der Waals surface area contributed by atoms with Gasteiger partial charge in [0.15, 0.2) is 5.65 Å². The Morgan fingerprint density at radius 1 is 1.30 bits per heavy atom. The topological polar surface area (TPSA) is 39.3 Å². The van der Waals surface area contributed by atoms with Crippen LogP contribution in [0.1, 0.15) is 4.88 Å². The Morgan fingerprint density at radius 2 is 2.20 bits per heavy atom. The fraction of sp³-hybridized carbons (Fsp3) is 0.231. The Bertz CT molecular complexity index is 777. The van der Waals surface area contributed by atoms with E-state index in [2.05, 4.69) is 33.2 Å². The normalized spacial score (nSPS) is 11.2. The summed E-state index contributed by atoms with van der Waals surface area (Å²) in [5.41, 5.74) is 0.629. The molecule has 20 heavy (non-hydrogen) atoms. The van der Waals surface area contributed by atoms with E-state index in [-0.39, 0.29) is 5.69 Å². The highest BCUT2D eigenvalue weighted by molar-refractivity contribution is 9.11. The minimum absolute atomic E-state index is 0.0694. The Labute approximate surface area is 132 Å². The number of hydrogen-bond donors (Lipinski definition) is 0. The molecule has 0 radical (unpaired) electrons. The van der Waals surface area contributed by atoms with E-state index in [1.54, 1.807) is 21.9 Å².